The van der Waals surface area contributed by atoms with Crippen molar-refractivity contribution in [2.24, 2.45) is 14.1 Å². The van der Waals surface area contributed by atoms with E-state index in [4.69, 9.17) is 4.74 Å². The number of hydrogen-bond acceptors (Lipinski definition) is 4. The van der Waals surface area contributed by atoms with Crippen molar-refractivity contribution in [2.45, 2.75) is 6.92 Å². The Morgan fingerprint density at radius 2 is 1.84 bits per heavy atom. The molecule has 0 saturated carbocycles. The lowest BCUT2D eigenvalue weighted by molar-refractivity contribution is 0.0562. The van der Waals surface area contributed by atoms with E-state index in [1.165, 1.54) is 0 Å². The first kappa shape index (κ1) is 17.1. The molecule has 8 heteroatoms. The molecule has 0 aromatic carbocycles. The van der Waals surface area contributed by atoms with Crippen LogP contribution in [0.5, 0.6) is 0 Å². The van der Waals surface area contributed by atoms with Gasteiger partial charge in [-0.1, -0.05) is 0 Å². The van der Waals surface area contributed by atoms with Crippen molar-refractivity contribution in [2.75, 3.05) is 32.8 Å². The summed E-state index contributed by atoms with van der Waals surface area (Å²) in [5.41, 5.74) is 2.27. The fourth-order valence-corrected chi connectivity index (χ4v) is 2.99. The van der Waals surface area contributed by atoms with Crippen LogP contribution in [0.4, 0.5) is 4.79 Å². The van der Waals surface area contributed by atoms with Gasteiger partial charge < -0.3 is 19.1 Å². The van der Waals surface area contributed by atoms with Gasteiger partial charge in [-0.25, -0.2) is 4.79 Å². The molecule has 1 aliphatic rings. The van der Waals surface area contributed by atoms with Crippen molar-refractivity contribution in [1.29, 1.82) is 0 Å². The molecule has 3 heterocycles. The first-order valence-electron chi connectivity index (χ1n) is 8.38. The number of piperazine rings is 1. The maximum Gasteiger partial charge on any atom is 0.409 e. The second kappa shape index (κ2) is 7.00. The monoisotopic (exact) mass is 345 g/mol. The molecule has 0 N–H and O–H groups in total. The van der Waals surface area contributed by atoms with Crippen LogP contribution in [0.1, 0.15) is 17.4 Å². The van der Waals surface area contributed by atoms with Gasteiger partial charge in [0.2, 0.25) is 0 Å². The number of ether oxygens (including phenoxy) is 1. The summed E-state index contributed by atoms with van der Waals surface area (Å²) in [4.78, 5) is 27.9. The van der Waals surface area contributed by atoms with Gasteiger partial charge in [0.15, 0.2) is 0 Å². The third-order valence-corrected chi connectivity index (χ3v) is 4.40. The summed E-state index contributed by atoms with van der Waals surface area (Å²) in [7, 11) is 3.72. The van der Waals surface area contributed by atoms with Crippen LogP contribution in [0, 0.1) is 0 Å². The lowest BCUT2D eigenvalue weighted by Gasteiger charge is -2.33. The highest BCUT2D eigenvalue weighted by molar-refractivity contribution is 5.93. The minimum absolute atomic E-state index is 0.0704. The lowest BCUT2D eigenvalue weighted by atomic mass is 10.2. The Bertz CT molecular complexity index is 771. The molecule has 1 aliphatic heterocycles. The van der Waals surface area contributed by atoms with E-state index in [1.54, 1.807) is 28.5 Å². The van der Waals surface area contributed by atoms with Crippen LogP contribution < -0.4 is 0 Å². The van der Waals surface area contributed by atoms with E-state index in [0.717, 1.165) is 11.4 Å². The summed E-state index contributed by atoms with van der Waals surface area (Å²) in [5.74, 6) is -0.0704. The molecule has 8 nitrogen and oxygen atoms in total. The van der Waals surface area contributed by atoms with Gasteiger partial charge in [0, 0.05) is 46.5 Å². The average molecular weight is 345 g/mol. The number of aromatic nitrogens is 3. The van der Waals surface area contributed by atoms with E-state index in [-0.39, 0.29) is 12.0 Å². The van der Waals surface area contributed by atoms with Crippen molar-refractivity contribution in [3.63, 3.8) is 0 Å². The van der Waals surface area contributed by atoms with E-state index in [2.05, 4.69) is 5.10 Å². The van der Waals surface area contributed by atoms with Crippen molar-refractivity contribution in [1.82, 2.24) is 24.1 Å². The summed E-state index contributed by atoms with van der Waals surface area (Å²) in [6, 6.07) is 5.73. The van der Waals surface area contributed by atoms with E-state index in [9.17, 15) is 9.59 Å². The van der Waals surface area contributed by atoms with E-state index < -0.39 is 0 Å². The topological polar surface area (TPSA) is 72.6 Å². The number of carbonyl (C=O) groups is 2. The van der Waals surface area contributed by atoms with Crippen LogP contribution in [-0.4, -0.2) is 68.9 Å². The minimum atomic E-state index is -0.318. The fraction of sp³-hybridized carbons (Fsp3) is 0.471. The van der Waals surface area contributed by atoms with Crippen LogP contribution in [0.2, 0.25) is 0 Å². The summed E-state index contributed by atoms with van der Waals surface area (Å²) in [5, 5.41) is 4.46. The predicted octanol–water partition coefficient (Wildman–Crippen LogP) is 1.34. The third kappa shape index (κ3) is 3.38. The highest BCUT2D eigenvalue weighted by Crippen LogP contribution is 2.20. The van der Waals surface area contributed by atoms with Crippen molar-refractivity contribution in [3.05, 3.63) is 30.1 Å². The Kier molecular flexibility index (Phi) is 4.78. The average Bonchev–Trinajstić information content (AvgIpc) is 3.20. The molecular weight excluding hydrogens is 322 g/mol. The fourth-order valence-electron chi connectivity index (χ4n) is 2.99. The van der Waals surface area contributed by atoms with Gasteiger partial charge in [-0.2, -0.15) is 5.10 Å². The van der Waals surface area contributed by atoms with Gasteiger partial charge in [0.05, 0.1) is 12.3 Å². The molecule has 2 aromatic rings. The zero-order valence-electron chi connectivity index (χ0n) is 14.8. The summed E-state index contributed by atoms with van der Waals surface area (Å²) in [6.45, 7) is 4.07. The molecule has 0 bridgehead atoms. The zero-order valence-corrected chi connectivity index (χ0v) is 14.8. The number of hydrogen-bond donors (Lipinski definition) is 0. The maximum atomic E-state index is 12.8. The number of rotatable bonds is 3. The van der Waals surface area contributed by atoms with E-state index >= 15 is 0 Å². The molecule has 134 valence electrons. The smallest absolute Gasteiger partial charge is 0.409 e. The molecule has 0 spiro atoms. The Balaban J connectivity index is 1.69. The second-order valence-corrected chi connectivity index (χ2v) is 6.02. The van der Waals surface area contributed by atoms with Crippen LogP contribution in [-0.2, 0) is 18.8 Å². The van der Waals surface area contributed by atoms with Crippen LogP contribution >= 0.6 is 0 Å². The third-order valence-electron chi connectivity index (χ3n) is 4.40. The second-order valence-electron chi connectivity index (χ2n) is 6.02. The van der Waals surface area contributed by atoms with Gasteiger partial charge >= 0.3 is 6.09 Å². The molecule has 3 rings (SSSR count). The molecule has 2 amide bonds. The van der Waals surface area contributed by atoms with Gasteiger partial charge in [-0.05, 0) is 25.1 Å². The summed E-state index contributed by atoms with van der Waals surface area (Å²) < 4.78 is 8.58. The van der Waals surface area contributed by atoms with Crippen molar-refractivity contribution >= 4 is 12.0 Å². The highest BCUT2D eigenvalue weighted by atomic mass is 16.6. The highest BCUT2D eigenvalue weighted by Gasteiger charge is 2.27. The standard InChI is InChI=1S/C17H23N5O3/c1-4-25-17(24)22-10-8-21(9-11-22)16(23)15-12-13(18-20(15)3)14-6-5-7-19(14)2/h5-7,12H,4,8-11H2,1-3H3. The van der Waals surface area contributed by atoms with Gasteiger partial charge in [-0.3, -0.25) is 9.48 Å². The molecule has 2 aromatic heterocycles. The Hall–Kier alpha value is -2.77. The number of amides is 2. The van der Waals surface area contributed by atoms with Crippen molar-refractivity contribution in [3.8, 4) is 11.4 Å². The quantitative estimate of drug-likeness (QED) is 0.841. The van der Waals surface area contributed by atoms with Crippen LogP contribution in [0.15, 0.2) is 24.4 Å². The SMILES string of the molecule is CCOC(=O)N1CCN(C(=O)c2cc(-c3cccn3C)nn2C)CC1. The van der Waals surface area contributed by atoms with Crippen molar-refractivity contribution < 1.29 is 14.3 Å². The number of nitrogens with zero attached hydrogens (tertiary/aromatic N) is 5. The molecule has 0 aliphatic carbocycles. The molecule has 0 radical (unpaired) electrons. The van der Waals surface area contributed by atoms with E-state index in [0.29, 0.717) is 38.5 Å². The molecule has 1 fully saturated rings. The lowest BCUT2D eigenvalue weighted by Crippen LogP contribution is -2.51. The summed E-state index contributed by atoms with van der Waals surface area (Å²) >= 11 is 0. The van der Waals surface area contributed by atoms with Gasteiger partial charge in [0.25, 0.3) is 5.91 Å². The minimum Gasteiger partial charge on any atom is -0.450 e. The maximum absolute atomic E-state index is 12.8. The largest absolute Gasteiger partial charge is 0.450 e. The summed E-state index contributed by atoms with van der Waals surface area (Å²) in [6.07, 6.45) is 1.63. The number of aryl methyl sites for hydroxylation is 2. The Morgan fingerprint density at radius 1 is 1.16 bits per heavy atom. The first-order chi connectivity index (χ1) is 12.0. The normalized spacial score (nSPS) is 14.7. The zero-order chi connectivity index (χ0) is 18.0. The predicted molar refractivity (Wildman–Crippen MR) is 92.1 cm³/mol. The van der Waals surface area contributed by atoms with Crippen LogP contribution in [0.3, 0.4) is 0 Å². The molecular formula is C17H23N5O3. The molecule has 0 unspecified atom stereocenters. The van der Waals surface area contributed by atoms with Gasteiger partial charge in [-0.15, -0.1) is 0 Å². The molecule has 1 saturated heterocycles. The molecule has 0 atom stereocenters. The Labute approximate surface area is 146 Å². The van der Waals surface area contributed by atoms with Gasteiger partial charge in [0.1, 0.15) is 11.4 Å². The Morgan fingerprint density at radius 3 is 2.44 bits per heavy atom. The first-order valence-corrected chi connectivity index (χ1v) is 8.38. The molecule has 25 heavy (non-hydrogen) atoms. The number of carbonyl (C=O) groups excluding carboxylic acids is 2. The van der Waals surface area contributed by atoms with E-state index in [1.807, 2.05) is 36.0 Å². The van der Waals surface area contributed by atoms with Crippen LogP contribution in [0.25, 0.3) is 11.4 Å².